The molecular formula is C14H20N5O2S+. The molecule has 2 heterocycles. The van der Waals surface area contributed by atoms with Gasteiger partial charge in [-0.05, 0) is 22.6 Å². The number of hydrogen-bond donors (Lipinski definition) is 2. The van der Waals surface area contributed by atoms with Crippen molar-refractivity contribution < 1.29 is 14.7 Å². The molecule has 1 atom stereocenters. The average Bonchev–Trinajstić information content (AvgIpc) is 3.03. The van der Waals surface area contributed by atoms with Crippen LogP contribution in [-0.2, 0) is 4.74 Å². The summed E-state index contributed by atoms with van der Waals surface area (Å²) in [5, 5.41) is 22.7. The van der Waals surface area contributed by atoms with Crippen LogP contribution in [0.25, 0.3) is 5.69 Å². The number of rotatable bonds is 6. The number of quaternary nitrogens is 1. The van der Waals surface area contributed by atoms with Crippen LogP contribution in [0.5, 0.6) is 0 Å². The second-order valence-electron chi connectivity index (χ2n) is 5.24. The summed E-state index contributed by atoms with van der Waals surface area (Å²) >= 11 is 1.48. The maximum Gasteiger partial charge on any atom is 0.214 e. The van der Waals surface area contributed by atoms with Gasteiger partial charge in [0.25, 0.3) is 0 Å². The van der Waals surface area contributed by atoms with Crippen molar-refractivity contribution in [1.29, 1.82) is 0 Å². The molecule has 0 aliphatic carbocycles. The van der Waals surface area contributed by atoms with Crippen molar-refractivity contribution in [3.05, 3.63) is 30.3 Å². The number of tetrazole rings is 1. The lowest BCUT2D eigenvalue weighted by Gasteiger charge is -2.25. The van der Waals surface area contributed by atoms with Crippen LogP contribution in [0.15, 0.2) is 35.5 Å². The van der Waals surface area contributed by atoms with E-state index in [1.165, 1.54) is 16.7 Å². The maximum absolute atomic E-state index is 10.2. The SMILES string of the molecule is O[C@@H](CSc1nnnn1-c1ccccc1)C[NH+]1CCOCC1. The van der Waals surface area contributed by atoms with Crippen LogP contribution in [-0.4, -0.2) is 70.0 Å². The second kappa shape index (κ2) is 7.68. The van der Waals surface area contributed by atoms with Crippen molar-refractivity contribution in [2.45, 2.75) is 11.3 Å². The van der Waals surface area contributed by atoms with Crippen LogP contribution in [0, 0.1) is 0 Å². The molecule has 0 radical (unpaired) electrons. The number of nitrogens with zero attached hydrogens (tertiary/aromatic N) is 4. The number of morpholine rings is 1. The first-order valence-corrected chi connectivity index (χ1v) is 8.37. The Bertz CT molecular complexity index is 574. The molecule has 0 saturated carbocycles. The highest BCUT2D eigenvalue weighted by molar-refractivity contribution is 7.99. The van der Waals surface area contributed by atoms with Gasteiger partial charge in [-0.25, -0.2) is 0 Å². The van der Waals surface area contributed by atoms with Gasteiger partial charge in [-0.2, -0.15) is 4.68 Å². The zero-order chi connectivity index (χ0) is 15.2. The van der Waals surface area contributed by atoms with E-state index in [1.807, 2.05) is 30.3 Å². The van der Waals surface area contributed by atoms with Gasteiger partial charge in [0.1, 0.15) is 25.7 Å². The zero-order valence-electron chi connectivity index (χ0n) is 12.3. The molecular weight excluding hydrogens is 302 g/mol. The van der Waals surface area contributed by atoms with E-state index in [1.54, 1.807) is 4.68 Å². The summed E-state index contributed by atoms with van der Waals surface area (Å²) in [5.74, 6) is 0.581. The number of aromatic nitrogens is 4. The van der Waals surface area contributed by atoms with E-state index in [9.17, 15) is 5.11 Å². The molecule has 2 N–H and O–H groups in total. The van der Waals surface area contributed by atoms with Gasteiger partial charge < -0.3 is 14.7 Å². The lowest BCUT2D eigenvalue weighted by atomic mass is 10.3. The van der Waals surface area contributed by atoms with Crippen molar-refractivity contribution in [1.82, 2.24) is 20.2 Å². The van der Waals surface area contributed by atoms with Gasteiger partial charge in [0.15, 0.2) is 0 Å². The van der Waals surface area contributed by atoms with Crippen LogP contribution in [0.3, 0.4) is 0 Å². The number of aliphatic hydroxyl groups excluding tert-OH is 1. The van der Waals surface area contributed by atoms with Crippen LogP contribution in [0.2, 0.25) is 0 Å². The van der Waals surface area contributed by atoms with E-state index < -0.39 is 0 Å². The number of aliphatic hydroxyl groups is 1. The van der Waals surface area contributed by atoms with E-state index in [0.717, 1.165) is 38.5 Å². The van der Waals surface area contributed by atoms with E-state index in [-0.39, 0.29) is 6.10 Å². The summed E-state index contributed by atoms with van der Waals surface area (Å²) in [7, 11) is 0. The molecule has 0 unspecified atom stereocenters. The fourth-order valence-electron chi connectivity index (χ4n) is 2.43. The lowest BCUT2D eigenvalue weighted by Crippen LogP contribution is -3.15. The van der Waals surface area contributed by atoms with Gasteiger partial charge >= 0.3 is 0 Å². The third-order valence-electron chi connectivity index (χ3n) is 3.57. The third-order valence-corrected chi connectivity index (χ3v) is 4.63. The summed E-state index contributed by atoms with van der Waals surface area (Å²) in [5.41, 5.74) is 0.920. The maximum atomic E-state index is 10.2. The van der Waals surface area contributed by atoms with E-state index in [2.05, 4.69) is 15.5 Å². The highest BCUT2D eigenvalue weighted by Gasteiger charge is 2.19. The number of nitrogens with one attached hydrogen (secondary N) is 1. The number of hydrogen-bond acceptors (Lipinski definition) is 6. The first-order chi connectivity index (χ1) is 10.8. The fourth-order valence-corrected chi connectivity index (χ4v) is 3.25. The van der Waals surface area contributed by atoms with E-state index in [4.69, 9.17) is 4.74 Å². The summed E-state index contributed by atoms with van der Waals surface area (Å²) in [6.07, 6.45) is -0.376. The Labute approximate surface area is 133 Å². The van der Waals surface area contributed by atoms with Gasteiger partial charge in [0.2, 0.25) is 5.16 Å². The van der Waals surface area contributed by atoms with Crippen molar-refractivity contribution in [3.63, 3.8) is 0 Å². The largest absolute Gasteiger partial charge is 0.386 e. The van der Waals surface area contributed by atoms with Gasteiger partial charge in [0.05, 0.1) is 18.9 Å². The van der Waals surface area contributed by atoms with E-state index in [0.29, 0.717) is 10.9 Å². The van der Waals surface area contributed by atoms with Gasteiger partial charge in [-0.15, -0.1) is 5.10 Å². The molecule has 0 amide bonds. The van der Waals surface area contributed by atoms with E-state index >= 15 is 0 Å². The minimum Gasteiger partial charge on any atom is -0.386 e. The van der Waals surface area contributed by atoms with Gasteiger partial charge in [-0.3, -0.25) is 0 Å². The predicted octanol–water partition coefficient (Wildman–Crippen LogP) is -0.970. The minimum atomic E-state index is -0.376. The van der Waals surface area contributed by atoms with Crippen LogP contribution in [0.1, 0.15) is 0 Å². The zero-order valence-corrected chi connectivity index (χ0v) is 13.1. The Morgan fingerprint density at radius 2 is 2.05 bits per heavy atom. The molecule has 8 heteroatoms. The van der Waals surface area contributed by atoms with Crippen molar-refractivity contribution in [3.8, 4) is 5.69 Å². The normalized spacial score (nSPS) is 17.5. The Morgan fingerprint density at radius 1 is 1.27 bits per heavy atom. The molecule has 3 rings (SSSR count). The number of para-hydroxylation sites is 1. The van der Waals surface area contributed by atoms with Crippen molar-refractivity contribution in [2.24, 2.45) is 0 Å². The molecule has 1 fully saturated rings. The third kappa shape index (κ3) is 4.04. The molecule has 118 valence electrons. The molecule has 7 nitrogen and oxygen atoms in total. The molecule has 1 saturated heterocycles. The van der Waals surface area contributed by atoms with Crippen LogP contribution in [0.4, 0.5) is 0 Å². The van der Waals surface area contributed by atoms with Crippen molar-refractivity contribution in [2.75, 3.05) is 38.6 Å². The molecule has 22 heavy (non-hydrogen) atoms. The quantitative estimate of drug-likeness (QED) is 0.667. The molecule has 1 aromatic carbocycles. The Hall–Kier alpha value is -1.48. The Morgan fingerprint density at radius 3 is 2.82 bits per heavy atom. The molecule has 1 aliphatic rings. The Balaban J connectivity index is 1.54. The lowest BCUT2D eigenvalue weighted by molar-refractivity contribution is -0.910. The van der Waals surface area contributed by atoms with Gasteiger partial charge in [0, 0.05) is 5.75 Å². The smallest absolute Gasteiger partial charge is 0.214 e. The highest BCUT2D eigenvalue weighted by atomic mass is 32.2. The monoisotopic (exact) mass is 322 g/mol. The average molecular weight is 322 g/mol. The summed E-state index contributed by atoms with van der Waals surface area (Å²) in [4.78, 5) is 1.39. The molecule has 2 aromatic rings. The number of thioether (sulfide) groups is 1. The molecule has 0 bridgehead atoms. The molecule has 1 aliphatic heterocycles. The minimum absolute atomic E-state index is 0.376. The van der Waals surface area contributed by atoms with Crippen LogP contribution >= 0.6 is 11.8 Å². The van der Waals surface area contributed by atoms with Gasteiger partial charge in [-0.1, -0.05) is 30.0 Å². The highest BCUT2D eigenvalue weighted by Crippen LogP contribution is 2.18. The van der Waals surface area contributed by atoms with Crippen molar-refractivity contribution >= 4 is 11.8 Å². The number of ether oxygens (including phenoxy) is 1. The molecule has 0 spiro atoms. The standard InChI is InChI=1S/C14H19N5O2S/c20-13(10-18-6-8-21-9-7-18)11-22-14-15-16-17-19(14)12-4-2-1-3-5-12/h1-5,13,20H,6-11H2/p+1/t13-/m1/s1. The first kappa shape index (κ1) is 15.4. The first-order valence-electron chi connectivity index (χ1n) is 7.39. The summed E-state index contributed by atoms with van der Waals surface area (Å²) in [6, 6.07) is 9.75. The van der Waals surface area contributed by atoms with Crippen LogP contribution < -0.4 is 4.90 Å². The fraction of sp³-hybridized carbons (Fsp3) is 0.500. The Kier molecular flexibility index (Phi) is 5.38. The predicted molar refractivity (Wildman–Crippen MR) is 82.3 cm³/mol. The topological polar surface area (TPSA) is 77.5 Å². The summed E-state index contributed by atoms with van der Waals surface area (Å²) in [6.45, 7) is 4.22. The summed E-state index contributed by atoms with van der Waals surface area (Å²) < 4.78 is 7.02. The number of benzene rings is 1. The second-order valence-corrected chi connectivity index (χ2v) is 6.23. The molecule has 1 aromatic heterocycles.